The molecule has 3 heteroatoms. The highest BCUT2D eigenvalue weighted by molar-refractivity contribution is 4.95. The zero-order valence-corrected chi connectivity index (χ0v) is 9.55. The fourth-order valence-electron chi connectivity index (χ4n) is 2.50. The van der Waals surface area contributed by atoms with Gasteiger partial charge in [-0.15, -0.1) is 0 Å². The molecule has 1 aliphatic heterocycles. The van der Waals surface area contributed by atoms with E-state index in [0.29, 0.717) is 26.0 Å². The number of hydrogen-bond acceptors (Lipinski definition) is 3. The molecule has 0 saturated carbocycles. The van der Waals surface area contributed by atoms with E-state index in [1.807, 2.05) is 13.8 Å². The molecular formula is C11H23NO2. The normalized spacial score (nSPS) is 34.1. The monoisotopic (exact) mass is 201 g/mol. The quantitative estimate of drug-likeness (QED) is 0.723. The van der Waals surface area contributed by atoms with Crippen LogP contribution in [0.3, 0.4) is 0 Å². The Morgan fingerprint density at radius 2 is 2.14 bits per heavy atom. The average Bonchev–Trinajstić information content (AvgIpc) is 2.03. The smallest absolute Gasteiger partial charge is 0.0736 e. The van der Waals surface area contributed by atoms with Crippen molar-refractivity contribution in [1.82, 2.24) is 0 Å². The van der Waals surface area contributed by atoms with Crippen LogP contribution in [0.4, 0.5) is 0 Å². The number of hydrogen-bond donors (Lipinski definition) is 2. The van der Waals surface area contributed by atoms with Gasteiger partial charge in [0.05, 0.1) is 17.8 Å². The van der Waals surface area contributed by atoms with Gasteiger partial charge in [-0.1, -0.05) is 6.92 Å². The van der Waals surface area contributed by atoms with Gasteiger partial charge in [0, 0.05) is 6.42 Å². The molecule has 0 amide bonds. The molecule has 1 saturated heterocycles. The highest BCUT2D eigenvalue weighted by Crippen LogP contribution is 2.37. The largest absolute Gasteiger partial charge is 0.389 e. The lowest BCUT2D eigenvalue weighted by Crippen LogP contribution is -2.52. The van der Waals surface area contributed by atoms with Gasteiger partial charge in [-0.3, -0.25) is 0 Å². The summed E-state index contributed by atoms with van der Waals surface area (Å²) in [6.07, 6.45) is 2.34. The van der Waals surface area contributed by atoms with Crippen LogP contribution in [-0.4, -0.2) is 29.5 Å². The molecular weight excluding hydrogens is 178 g/mol. The Hall–Kier alpha value is -0.120. The lowest BCUT2D eigenvalue weighted by Gasteiger charge is -2.45. The molecule has 3 nitrogen and oxygen atoms in total. The second-order valence-electron chi connectivity index (χ2n) is 4.98. The SMILES string of the molecule is CCC(CN)C1(O)CCOC(C)(C)C1. The first-order valence-corrected chi connectivity index (χ1v) is 5.50. The molecule has 84 valence electrons. The van der Waals surface area contributed by atoms with Gasteiger partial charge in [0.1, 0.15) is 0 Å². The van der Waals surface area contributed by atoms with Crippen LogP contribution in [0.2, 0.25) is 0 Å². The first kappa shape index (κ1) is 12.0. The molecule has 0 aromatic rings. The van der Waals surface area contributed by atoms with Gasteiger partial charge >= 0.3 is 0 Å². The molecule has 0 aromatic carbocycles. The van der Waals surface area contributed by atoms with Crippen molar-refractivity contribution in [2.75, 3.05) is 13.2 Å². The van der Waals surface area contributed by atoms with Crippen LogP contribution in [0.5, 0.6) is 0 Å². The van der Waals surface area contributed by atoms with Crippen molar-refractivity contribution >= 4 is 0 Å². The fourth-order valence-corrected chi connectivity index (χ4v) is 2.50. The first-order chi connectivity index (χ1) is 6.43. The zero-order chi connectivity index (χ0) is 10.8. The highest BCUT2D eigenvalue weighted by atomic mass is 16.5. The summed E-state index contributed by atoms with van der Waals surface area (Å²) < 4.78 is 5.60. The Kier molecular flexibility index (Phi) is 3.56. The van der Waals surface area contributed by atoms with Gasteiger partial charge in [0.25, 0.3) is 0 Å². The van der Waals surface area contributed by atoms with Crippen molar-refractivity contribution in [3.63, 3.8) is 0 Å². The number of rotatable bonds is 3. The Balaban J connectivity index is 2.72. The fraction of sp³-hybridized carbons (Fsp3) is 1.00. The summed E-state index contributed by atoms with van der Waals surface area (Å²) in [5, 5.41) is 10.5. The second-order valence-corrected chi connectivity index (χ2v) is 4.98. The van der Waals surface area contributed by atoms with Gasteiger partial charge < -0.3 is 15.6 Å². The third-order valence-corrected chi connectivity index (χ3v) is 3.30. The van der Waals surface area contributed by atoms with E-state index in [4.69, 9.17) is 10.5 Å². The van der Waals surface area contributed by atoms with Crippen LogP contribution >= 0.6 is 0 Å². The molecule has 0 aliphatic carbocycles. The van der Waals surface area contributed by atoms with Crippen molar-refractivity contribution in [3.05, 3.63) is 0 Å². The molecule has 0 aromatic heterocycles. The van der Waals surface area contributed by atoms with Gasteiger partial charge in [-0.2, -0.15) is 0 Å². The number of aliphatic hydroxyl groups is 1. The van der Waals surface area contributed by atoms with E-state index in [0.717, 1.165) is 6.42 Å². The molecule has 1 aliphatic rings. The highest BCUT2D eigenvalue weighted by Gasteiger charge is 2.43. The Morgan fingerprint density at radius 1 is 1.50 bits per heavy atom. The van der Waals surface area contributed by atoms with Gasteiger partial charge in [-0.05, 0) is 39.2 Å². The standard InChI is InChI=1S/C11H23NO2/c1-4-9(7-12)11(13)5-6-14-10(2,3)8-11/h9,13H,4-8,12H2,1-3H3. The van der Waals surface area contributed by atoms with Crippen LogP contribution in [-0.2, 0) is 4.74 Å². The lowest BCUT2D eigenvalue weighted by molar-refractivity contribution is -0.164. The third kappa shape index (κ3) is 2.47. The van der Waals surface area contributed by atoms with Crippen LogP contribution in [0.15, 0.2) is 0 Å². The van der Waals surface area contributed by atoms with E-state index in [-0.39, 0.29) is 11.5 Å². The van der Waals surface area contributed by atoms with Crippen molar-refractivity contribution in [1.29, 1.82) is 0 Å². The minimum Gasteiger partial charge on any atom is -0.389 e. The molecule has 0 bridgehead atoms. The van der Waals surface area contributed by atoms with Gasteiger partial charge in [-0.25, -0.2) is 0 Å². The Bertz CT molecular complexity index is 190. The van der Waals surface area contributed by atoms with Gasteiger partial charge in [0.15, 0.2) is 0 Å². The minimum absolute atomic E-state index is 0.200. The number of nitrogens with two attached hydrogens (primary N) is 1. The minimum atomic E-state index is -0.620. The maximum atomic E-state index is 10.5. The average molecular weight is 201 g/mol. The topological polar surface area (TPSA) is 55.5 Å². The van der Waals surface area contributed by atoms with E-state index in [1.165, 1.54) is 0 Å². The Morgan fingerprint density at radius 3 is 2.57 bits per heavy atom. The molecule has 0 spiro atoms. The van der Waals surface area contributed by atoms with Gasteiger partial charge in [0.2, 0.25) is 0 Å². The predicted molar refractivity (Wildman–Crippen MR) is 57.1 cm³/mol. The maximum absolute atomic E-state index is 10.5. The lowest BCUT2D eigenvalue weighted by atomic mass is 9.74. The van der Waals surface area contributed by atoms with Crippen LogP contribution < -0.4 is 5.73 Å². The van der Waals surface area contributed by atoms with Crippen LogP contribution in [0.1, 0.15) is 40.0 Å². The van der Waals surface area contributed by atoms with Crippen molar-refractivity contribution in [2.24, 2.45) is 11.7 Å². The molecule has 3 N–H and O–H groups in total. The maximum Gasteiger partial charge on any atom is 0.0736 e. The first-order valence-electron chi connectivity index (χ1n) is 5.50. The second kappa shape index (κ2) is 4.17. The molecule has 2 unspecified atom stereocenters. The van der Waals surface area contributed by atoms with E-state index in [2.05, 4.69) is 6.92 Å². The van der Waals surface area contributed by atoms with E-state index in [9.17, 15) is 5.11 Å². The zero-order valence-electron chi connectivity index (χ0n) is 9.55. The molecule has 1 rings (SSSR count). The number of ether oxygens (including phenoxy) is 1. The van der Waals surface area contributed by atoms with Crippen molar-refractivity contribution in [3.8, 4) is 0 Å². The van der Waals surface area contributed by atoms with E-state index < -0.39 is 5.60 Å². The van der Waals surface area contributed by atoms with Crippen LogP contribution in [0, 0.1) is 5.92 Å². The molecule has 14 heavy (non-hydrogen) atoms. The van der Waals surface area contributed by atoms with Crippen molar-refractivity contribution < 1.29 is 9.84 Å². The summed E-state index contributed by atoms with van der Waals surface area (Å²) >= 11 is 0. The van der Waals surface area contributed by atoms with E-state index >= 15 is 0 Å². The molecule has 1 heterocycles. The summed E-state index contributed by atoms with van der Waals surface area (Å²) in [5.41, 5.74) is 4.85. The predicted octanol–water partition coefficient (Wildman–Crippen LogP) is 1.29. The summed E-state index contributed by atoms with van der Waals surface area (Å²) in [7, 11) is 0. The molecule has 2 atom stereocenters. The molecule has 1 fully saturated rings. The van der Waals surface area contributed by atoms with Crippen LogP contribution in [0.25, 0.3) is 0 Å². The summed E-state index contributed by atoms with van der Waals surface area (Å²) in [4.78, 5) is 0. The summed E-state index contributed by atoms with van der Waals surface area (Å²) in [6.45, 7) is 7.34. The molecule has 0 radical (unpaired) electrons. The third-order valence-electron chi connectivity index (χ3n) is 3.30. The van der Waals surface area contributed by atoms with Crippen molar-refractivity contribution in [2.45, 2.75) is 51.2 Å². The Labute approximate surface area is 86.6 Å². The summed E-state index contributed by atoms with van der Waals surface area (Å²) in [5.74, 6) is 0.200. The van der Waals surface area contributed by atoms with E-state index in [1.54, 1.807) is 0 Å². The summed E-state index contributed by atoms with van der Waals surface area (Å²) in [6, 6.07) is 0.